The van der Waals surface area contributed by atoms with E-state index in [9.17, 15) is 0 Å². The van der Waals surface area contributed by atoms with Crippen molar-refractivity contribution in [3.63, 3.8) is 0 Å². The third kappa shape index (κ3) is 40.0. The van der Waals surface area contributed by atoms with E-state index in [1.54, 1.807) is 39.5 Å². The maximum absolute atomic E-state index is 4.11. The zero-order chi connectivity index (χ0) is 25.8. The Bertz CT molecular complexity index is 661. The van der Waals surface area contributed by atoms with Gasteiger partial charge in [0.25, 0.3) is 0 Å². The predicted molar refractivity (Wildman–Crippen MR) is 196 cm³/mol. The summed E-state index contributed by atoms with van der Waals surface area (Å²) in [5, 5.41) is 4.00. The number of hydrogen-bond donors (Lipinski definition) is 0. The molecule has 0 atom stereocenters. The third-order valence-electron chi connectivity index (χ3n) is 2.17. The van der Waals surface area contributed by atoms with Gasteiger partial charge in [0.05, 0.1) is 31.7 Å². The molecule has 0 aliphatic carbocycles. The Hall–Kier alpha value is 3.35. The van der Waals surface area contributed by atoms with Crippen molar-refractivity contribution in [1.29, 1.82) is 0 Å². The fourth-order valence-electron chi connectivity index (χ4n) is 1.10. The average molecular weight is 1130 g/mol. The zero-order valence-electron chi connectivity index (χ0n) is 20.3. The summed E-state index contributed by atoms with van der Waals surface area (Å²) in [6.07, 6.45) is 2.08. The molecule has 3 aromatic heterocycles. The molecule has 196 valence electrons. The molecule has 33 heavy (non-hydrogen) atoms. The molecular formula is C20H35Br2I4N3S3V-. The number of halogens is 6. The normalized spacial score (nSPS) is 7.94. The van der Waals surface area contributed by atoms with Crippen LogP contribution in [0, 0.1) is 7.43 Å². The molecule has 0 fully saturated rings. The average Bonchev–Trinajstić information content (AvgIpc) is 3.55. The van der Waals surface area contributed by atoms with Gasteiger partial charge in [0, 0.05) is 10.8 Å². The summed E-state index contributed by atoms with van der Waals surface area (Å²) in [5.74, 6) is 0. The Labute approximate surface area is 283 Å². The third-order valence-corrected chi connectivity index (χ3v) is 5.80. The first-order valence-electron chi connectivity index (χ1n) is 9.64. The van der Waals surface area contributed by atoms with Crippen LogP contribution in [0.1, 0.15) is 59.9 Å². The van der Waals surface area contributed by atoms with Gasteiger partial charge in [0.2, 0.25) is 0 Å². The van der Waals surface area contributed by atoms with Crippen molar-refractivity contribution < 1.29 is 4.92 Å². The van der Waals surface area contributed by atoms with Crippen LogP contribution >= 0.6 is 148 Å². The van der Waals surface area contributed by atoms with E-state index < -0.39 is 0 Å². The molecule has 0 N–H and O–H groups in total. The number of aryl methyl sites for hydroxylation is 2. The second kappa shape index (κ2) is 39.9. The van der Waals surface area contributed by atoms with Gasteiger partial charge in [-0.2, -0.15) is 0 Å². The fraction of sp³-hybridized carbons (Fsp3) is 0.500. The van der Waals surface area contributed by atoms with Crippen molar-refractivity contribution in [2.24, 2.45) is 0 Å². The number of rotatable bonds is 2. The molecule has 3 rings (SSSR count). The van der Waals surface area contributed by atoms with E-state index in [2.05, 4.69) is 155 Å². The molecule has 0 radical (unpaired) electrons. The topological polar surface area (TPSA) is 38.7 Å². The van der Waals surface area contributed by atoms with Gasteiger partial charge in [-0.3, -0.25) is 0 Å². The molecule has 3 heterocycles. The molecule has 0 saturated carbocycles. The van der Waals surface area contributed by atoms with E-state index in [0.717, 1.165) is 23.1 Å². The van der Waals surface area contributed by atoms with Crippen molar-refractivity contribution in [3.8, 4) is 0 Å². The van der Waals surface area contributed by atoms with Gasteiger partial charge in [-0.1, -0.05) is 71.1 Å². The van der Waals surface area contributed by atoms with E-state index in [1.165, 1.54) is 13.9 Å². The van der Waals surface area contributed by atoms with E-state index >= 15 is 0 Å². The Balaban J connectivity index is -0.0000000976. The Kier molecular flexibility index (Phi) is 55.8. The van der Waals surface area contributed by atoms with Crippen LogP contribution in [-0.4, -0.2) is 19.4 Å². The van der Waals surface area contributed by atoms with E-state index in [1.807, 2.05) is 44.1 Å². The molecule has 0 spiro atoms. The van der Waals surface area contributed by atoms with Crippen LogP contribution in [-0.2, 0) is 17.8 Å². The van der Waals surface area contributed by atoms with Crippen molar-refractivity contribution in [2.75, 3.05) is 4.43 Å². The summed E-state index contributed by atoms with van der Waals surface area (Å²) >= 11 is 21.1. The summed E-state index contributed by atoms with van der Waals surface area (Å²) in [6, 6.07) is 0. The van der Waals surface area contributed by atoms with Gasteiger partial charge in [-0.25, -0.2) is 15.0 Å². The van der Waals surface area contributed by atoms with E-state index in [4.69, 9.17) is 0 Å². The van der Waals surface area contributed by atoms with Crippen molar-refractivity contribution in [3.05, 3.63) is 54.5 Å². The number of hydrogen-bond acceptors (Lipinski definition) is 6. The van der Waals surface area contributed by atoms with Crippen LogP contribution in [0.25, 0.3) is 0 Å². The van der Waals surface area contributed by atoms with E-state index in [0.29, 0.717) is 0 Å². The molecule has 3 nitrogen and oxygen atoms in total. The first kappa shape index (κ1) is 46.2. The number of nitrogens with zero attached hydrogens (tertiary/aromatic N) is 3. The first-order chi connectivity index (χ1) is 15.3. The van der Waals surface area contributed by atoms with Gasteiger partial charge < -0.3 is 7.43 Å². The minimum atomic E-state index is -0.278. The molecule has 0 aliphatic heterocycles. The quantitative estimate of drug-likeness (QED) is 0.146. The molecule has 0 unspecified atom stereocenters. The zero-order valence-corrected chi connectivity index (χ0v) is 35.9. The molecular weight excluding hydrogens is 1100 g/mol. The Morgan fingerprint density at radius 2 is 1.27 bits per heavy atom. The van der Waals surface area contributed by atoms with Crippen LogP contribution in [0.2, 0.25) is 0 Å². The first-order valence-corrected chi connectivity index (χ1v) is 29.0. The molecule has 0 aromatic carbocycles. The summed E-state index contributed by atoms with van der Waals surface area (Å²) in [7, 11) is 0. The molecule has 0 amide bonds. The SMILES string of the molecule is Brc1cscn1.CC.CC.CCI.CCc1cscn1.CCc1ncsc1Br.[CH3-].[I][V]([I])[I]. The molecule has 0 aliphatic rings. The standard InChI is InChI=1S/C5H6BrNS.C5H7NS.C3H2BrNS.C2H5I.2C2H6.CH3.3HI.V/c1-2-4-5(6)8-3-7-4;1-2-5-3-7-4-6-5;4-3-1-6-2-5-3;1-2-3;2*1-2;;;;;/h3H,2H2,1H3;3-4H,2H2,1H3;1-2H;2H2,1H3;2*1-2H3;1H3;3*1H;/q;;;;;;-1;;;;+3/p-3. The number of thiazole rings is 3. The number of alkyl halides is 1. The van der Waals surface area contributed by atoms with Crippen molar-refractivity contribution >= 4 is 148 Å². The molecule has 0 bridgehead atoms. The van der Waals surface area contributed by atoms with Gasteiger partial charge in [-0.05, 0) is 49.1 Å². The van der Waals surface area contributed by atoms with Crippen molar-refractivity contribution in [2.45, 2.75) is 61.3 Å². The van der Waals surface area contributed by atoms with Gasteiger partial charge >= 0.3 is 64.9 Å². The second-order valence-electron chi connectivity index (χ2n) is 4.03. The Morgan fingerprint density at radius 3 is 1.42 bits per heavy atom. The summed E-state index contributed by atoms with van der Waals surface area (Å²) in [5.41, 5.74) is 7.85. The summed E-state index contributed by atoms with van der Waals surface area (Å²) < 4.78 is 3.31. The van der Waals surface area contributed by atoms with Crippen LogP contribution in [0.15, 0.2) is 35.7 Å². The van der Waals surface area contributed by atoms with Crippen LogP contribution in [0.5, 0.6) is 0 Å². The molecule has 0 saturated heterocycles. The minimum absolute atomic E-state index is 0. The van der Waals surface area contributed by atoms with Crippen LogP contribution < -0.4 is 0 Å². The van der Waals surface area contributed by atoms with Crippen molar-refractivity contribution in [1.82, 2.24) is 15.0 Å². The van der Waals surface area contributed by atoms with Gasteiger partial charge in [0.15, 0.2) is 0 Å². The summed E-state index contributed by atoms with van der Waals surface area (Å²) in [6.45, 7) is 14.3. The Morgan fingerprint density at radius 1 is 0.818 bits per heavy atom. The second-order valence-corrected chi connectivity index (χ2v) is 45.3. The molecule has 13 heteroatoms. The van der Waals surface area contributed by atoms with E-state index in [-0.39, 0.29) is 12.3 Å². The predicted octanol–water partition coefficient (Wildman–Crippen LogP) is 12.7. The van der Waals surface area contributed by atoms with Gasteiger partial charge in [-0.15, -0.1) is 34.0 Å². The number of aromatic nitrogens is 3. The summed E-state index contributed by atoms with van der Waals surface area (Å²) in [4.78, 5) is 11.7. The van der Waals surface area contributed by atoms with Crippen LogP contribution in [0.4, 0.5) is 0 Å². The van der Waals surface area contributed by atoms with Crippen LogP contribution in [0.3, 0.4) is 0 Å². The van der Waals surface area contributed by atoms with Gasteiger partial charge in [0.1, 0.15) is 4.60 Å². The molecule has 3 aromatic rings. The fourth-order valence-corrected chi connectivity index (χ4v) is 3.95. The monoisotopic (exact) mass is 1130 g/mol. The maximum atomic E-state index is 4.11.